The smallest absolute Gasteiger partial charge is 0.254 e. The summed E-state index contributed by atoms with van der Waals surface area (Å²) in [7, 11) is 1.67. The predicted octanol–water partition coefficient (Wildman–Crippen LogP) is 3.94. The van der Waals surface area contributed by atoms with Gasteiger partial charge in [-0.05, 0) is 77.2 Å². The second-order valence-corrected chi connectivity index (χ2v) is 11.7. The number of nitrogens with one attached hydrogen (secondary N) is 2. The number of hydrogen-bond acceptors (Lipinski definition) is 7. The van der Waals surface area contributed by atoms with Crippen molar-refractivity contribution in [3.63, 3.8) is 0 Å². The maximum Gasteiger partial charge on any atom is 0.254 e. The first-order chi connectivity index (χ1) is 17.4. The minimum Gasteiger partial charge on any atom is -0.377 e. The molecule has 2 aromatic rings. The number of carbonyl (C=O) groups is 2. The number of carbonyl (C=O) groups excluding carboxylic acids is 2. The number of anilines is 2. The highest BCUT2D eigenvalue weighted by molar-refractivity contribution is 7.17. The van der Waals surface area contributed by atoms with E-state index in [0.717, 1.165) is 49.6 Å². The van der Waals surface area contributed by atoms with Crippen LogP contribution < -0.4 is 15.5 Å². The van der Waals surface area contributed by atoms with Crippen molar-refractivity contribution < 1.29 is 14.3 Å². The van der Waals surface area contributed by atoms with Crippen LogP contribution in [0.3, 0.4) is 0 Å². The molecule has 0 radical (unpaired) electrons. The SMILES string of the molecule is CCN(c1nnc(COC)n1C1CCc2sc(NC(=O)C3CC3)c(C(=O)NCC3CC3)c2C1)C(C)C. The lowest BCUT2D eigenvalue weighted by atomic mass is 9.90. The lowest BCUT2D eigenvalue weighted by Crippen LogP contribution is -2.35. The zero-order chi connectivity index (χ0) is 25.4. The van der Waals surface area contributed by atoms with Crippen molar-refractivity contribution in [1.82, 2.24) is 20.1 Å². The summed E-state index contributed by atoms with van der Waals surface area (Å²) in [5.74, 6) is 2.31. The zero-order valence-electron chi connectivity index (χ0n) is 21.8. The lowest BCUT2D eigenvalue weighted by Gasteiger charge is -2.32. The van der Waals surface area contributed by atoms with Gasteiger partial charge < -0.3 is 20.3 Å². The molecule has 1 atom stereocenters. The standard InChI is InChI=1S/C26H38N6O3S/c1-5-31(15(2)3)26-30-29-21(14-35-4)32(26)18-10-11-20-19(12-18)22(24(34)27-13-16-6-7-16)25(36-20)28-23(33)17-8-9-17/h15-18H,5-14H2,1-4H3,(H,27,34)(H,28,33). The molecule has 5 rings (SSSR count). The van der Waals surface area contributed by atoms with Crippen molar-refractivity contribution in [1.29, 1.82) is 0 Å². The molecule has 2 amide bonds. The first-order valence-electron chi connectivity index (χ1n) is 13.3. The Morgan fingerprint density at radius 3 is 2.61 bits per heavy atom. The Kier molecular flexibility index (Phi) is 7.35. The van der Waals surface area contributed by atoms with Crippen LogP contribution in [0.2, 0.25) is 0 Å². The van der Waals surface area contributed by atoms with Crippen molar-refractivity contribution in [2.24, 2.45) is 11.8 Å². The molecule has 3 aliphatic rings. The summed E-state index contributed by atoms with van der Waals surface area (Å²) in [6.07, 6.45) is 6.70. The van der Waals surface area contributed by atoms with Crippen LogP contribution in [0.15, 0.2) is 0 Å². The fraction of sp³-hybridized carbons (Fsp3) is 0.692. The second-order valence-electron chi connectivity index (χ2n) is 10.6. The van der Waals surface area contributed by atoms with E-state index in [1.807, 2.05) is 0 Å². The Bertz CT molecular complexity index is 1120. The molecule has 0 bridgehead atoms. The Labute approximate surface area is 217 Å². The van der Waals surface area contributed by atoms with Crippen LogP contribution >= 0.6 is 11.3 Å². The molecule has 2 N–H and O–H groups in total. The lowest BCUT2D eigenvalue weighted by molar-refractivity contribution is -0.117. The Hall–Kier alpha value is -2.46. The van der Waals surface area contributed by atoms with Crippen LogP contribution in [-0.4, -0.2) is 52.8 Å². The van der Waals surface area contributed by atoms with Gasteiger partial charge in [-0.3, -0.25) is 14.2 Å². The van der Waals surface area contributed by atoms with E-state index < -0.39 is 0 Å². The Morgan fingerprint density at radius 1 is 1.19 bits per heavy atom. The van der Waals surface area contributed by atoms with E-state index >= 15 is 0 Å². The van der Waals surface area contributed by atoms with E-state index in [1.54, 1.807) is 18.4 Å². The third kappa shape index (κ3) is 5.16. The second kappa shape index (κ2) is 10.5. The van der Waals surface area contributed by atoms with Crippen LogP contribution in [-0.2, 0) is 29.0 Å². The van der Waals surface area contributed by atoms with Gasteiger partial charge in [-0.25, -0.2) is 0 Å². The molecule has 3 aliphatic carbocycles. The third-order valence-electron chi connectivity index (χ3n) is 7.50. The summed E-state index contributed by atoms with van der Waals surface area (Å²) < 4.78 is 7.69. The number of thiophene rings is 1. The number of nitrogens with zero attached hydrogens (tertiary/aromatic N) is 4. The molecule has 1 unspecified atom stereocenters. The summed E-state index contributed by atoms with van der Waals surface area (Å²) in [5.41, 5.74) is 1.72. The fourth-order valence-corrected chi connectivity index (χ4v) is 6.41. The van der Waals surface area contributed by atoms with Gasteiger partial charge in [-0.2, -0.15) is 0 Å². The van der Waals surface area contributed by atoms with E-state index in [2.05, 4.69) is 51.1 Å². The van der Waals surface area contributed by atoms with Gasteiger partial charge in [-0.1, -0.05) is 0 Å². The topological polar surface area (TPSA) is 101 Å². The Balaban J connectivity index is 1.48. The van der Waals surface area contributed by atoms with Crippen LogP contribution in [0.25, 0.3) is 0 Å². The van der Waals surface area contributed by atoms with E-state index in [9.17, 15) is 9.59 Å². The predicted molar refractivity (Wildman–Crippen MR) is 141 cm³/mol. The van der Waals surface area contributed by atoms with Gasteiger partial charge in [0.2, 0.25) is 11.9 Å². The van der Waals surface area contributed by atoms with Gasteiger partial charge >= 0.3 is 0 Å². The van der Waals surface area contributed by atoms with Crippen molar-refractivity contribution in [3.05, 3.63) is 21.8 Å². The summed E-state index contributed by atoms with van der Waals surface area (Å²) in [4.78, 5) is 29.6. The van der Waals surface area contributed by atoms with E-state index in [1.165, 1.54) is 17.7 Å². The van der Waals surface area contributed by atoms with Gasteiger partial charge in [0.25, 0.3) is 5.91 Å². The molecule has 36 heavy (non-hydrogen) atoms. The van der Waals surface area contributed by atoms with Gasteiger partial charge in [0.15, 0.2) is 5.82 Å². The Morgan fingerprint density at radius 2 is 1.97 bits per heavy atom. The molecule has 0 aliphatic heterocycles. The normalized spacial score (nSPS) is 19.3. The number of aryl methyl sites for hydroxylation is 1. The molecule has 196 valence electrons. The van der Waals surface area contributed by atoms with Crippen molar-refractivity contribution in [2.75, 3.05) is 30.4 Å². The quantitative estimate of drug-likeness (QED) is 0.471. The summed E-state index contributed by atoms with van der Waals surface area (Å²) in [5, 5.41) is 16.0. The van der Waals surface area contributed by atoms with Crippen LogP contribution in [0, 0.1) is 11.8 Å². The van der Waals surface area contributed by atoms with Crippen LogP contribution in [0.4, 0.5) is 10.9 Å². The highest BCUT2D eigenvalue weighted by Crippen LogP contribution is 2.43. The molecule has 10 heteroatoms. The molecule has 2 saturated carbocycles. The number of hydrogen-bond donors (Lipinski definition) is 2. The minimum atomic E-state index is -0.0652. The van der Waals surface area contributed by atoms with Gasteiger partial charge in [-0.15, -0.1) is 21.5 Å². The highest BCUT2D eigenvalue weighted by Gasteiger charge is 2.36. The third-order valence-corrected chi connectivity index (χ3v) is 8.71. The number of aromatic nitrogens is 3. The van der Waals surface area contributed by atoms with Crippen LogP contribution in [0.1, 0.15) is 85.5 Å². The van der Waals surface area contributed by atoms with E-state index in [0.29, 0.717) is 36.1 Å². The molecule has 2 heterocycles. The molecule has 2 aromatic heterocycles. The van der Waals surface area contributed by atoms with Crippen molar-refractivity contribution in [3.8, 4) is 0 Å². The zero-order valence-corrected chi connectivity index (χ0v) is 22.6. The van der Waals surface area contributed by atoms with E-state index in [4.69, 9.17) is 4.74 Å². The minimum absolute atomic E-state index is 0.0420. The first-order valence-corrected chi connectivity index (χ1v) is 14.2. The number of methoxy groups -OCH3 is 1. The maximum atomic E-state index is 13.5. The van der Waals surface area contributed by atoms with Crippen molar-refractivity contribution >= 4 is 34.1 Å². The molecular weight excluding hydrogens is 476 g/mol. The average molecular weight is 515 g/mol. The first kappa shape index (κ1) is 25.2. The summed E-state index contributed by atoms with van der Waals surface area (Å²) in [6, 6.07) is 0.388. The number of rotatable bonds is 11. The maximum absolute atomic E-state index is 13.5. The number of fused-ring (bicyclic) bond motifs is 1. The molecule has 9 nitrogen and oxygen atoms in total. The van der Waals surface area contributed by atoms with Gasteiger partial charge in [0.1, 0.15) is 11.6 Å². The molecular formula is C26H38N6O3S. The number of amides is 2. The van der Waals surface area contributed by atoms with Crippen molar-refractivity contribution in [2.45, 2.75) is 84.4 Å². The number of ether oxygens (including phenoxy) is 1. The fourth-order valence-electron chi connectivity index (χ4n) is 5.17. The molecule has 0 saturated heterocycles. The summed E-state index contributed by atoms with van der Waals surface area (Å²) >= 11 is 1.58. The molecule has 0 aromatic carbocycles. The van der Waals surface area contributed by atoms with Crippen LogP contribution in [0.5, 0.6) is 0 Å². The summed E-state index contributed by atoms with van der Waals surface area (Å²) in [6.45, 7) is 8.36. The van der Waals surface area contributed by atoms with E-state index in [-0.39, 0.29) is 29.8 Å². The monoisotopic (exact) mass is 514 g/mol. The average Bonchev–Trinajstić information content (AvgIpc) is 3.78. The van der Waals surface area contributed by atoms with Gasteiger partial charge in [0.05, 0.1) is 5.56 Å². The molecule has 2 fully saturated rings. The highest BCUT2D eigenvalue weighted by atomic mass is 32.1. The van der Waals surface area contributed by atoms with Gasteiger partial charge in [0, 0.05) is 43.1 Å². The largest absolute Gasteiger partial charge is 0.377 e. The molecule has 0 spiro atoms.